The van der Waals surface area contributed by atoms with Crippen LogP contribution < -0.4 is 5.32 Å². The molecule has 0 atom stereocenters. The first-order valence-electron chi connectivity index (χ1n) is 7.63. The molecule has 1 aromatic carbocycles. The van der Waals surface area contributed by atoms with Crippen LogP contribution in [0.4, 0.5) is 0 Å². The van der Waals surface area contributed by atoms with Gasteiger partial charge in [-0.15, -0.1) is 0 Å². The average Bonchev–Trinajstić information content (AvgIpc) is 2.49. The highest BCUT2D eigenvalue weighted by Crippen LogP contribution is 2.28. The summed E-state index contributed by atoms with van der Waals surface area (Å²) in [6.45, 7) is 2.72. The standard InChI is InChI=1S/C17H23NO3/c1-12-4-2-3-5-13(12)10-11-18-16(19)14-6-8-15(9-7-14)17(20)21/h2-5,14-15H,6-11H2,1H3,(H,18,19)(H,20,21). The first-order valence-corrected chi connectivity index (χ1v) is 7.63. The van der Waals surface area contributed by atoms with E-state index in [0.717, 1.165) is 6.42 Å². The van der Waals surface area contributed by atoms with Gasteiger partial charge in [-0.05, 0) is 50.2 Å². The maximum atomic E-state index is 12.1. The summed E-state index contributed by atoms with van der Waals surface area (Å²) in [5, 5.41) is 11.9. The van der Waals surface area contributed by atoms with Gasteiger partial charge in [-0.25, -0.2) is 0 Å². The Morgan fingerprint density at radius 1 is 1.14 bits per heavy atom. The van der Waals surface area contributed by atoms with Crippen LogP contribution in [0, 0.1) is 18.8 Å². The second-order valence-corrected chi connectivity index (χ2v) is 5.85. The number of carboxylic acid groups (broad SMARTS) is 1. The van der Waals surface area contributed by atoms with E-state index >= 15 is 0 Å². The second kappa shape index (κ2) is 7.25. The molecule has 0 heterocycles. The molecule has 1 aliphatic rings. The number of carbonyl (C=O) groups is 2. The number of aliphatic carboxylic acids is 1. The molecule has 1 fully saturated rings. The maximum Gasteiger partial charge on any atom is 0.306 e. The average molecular weight is 289 g/mol. The Bertz CT molecular complexity index is 505. The predicted octanol–water partition coefficient (Wildman–Crippen LogP) is 2.54. The molecule has 0 bridgehead atoms. The van der Waals surface area contributed by atoms with Crippen LogP contribution in [0.25, 0.3) is 0 Å². The van der Waals surface area contributed by atoms with E-state index in [9.17, 15) is 9.59 Å². The van der Waals surface area contributed by atoms with E-state index in [1.54, 1.807) is 0 Å². The van der Waals surface area contributed by atoms with Gasteiger partial charge in [-0.1, -0.05) is 24.3 Å². The number of hydrogen-bond acceptors (Lipinski definition) is 2. The molecule has 0 saturated heterocycles. The maximum absolute atomic E-state index is 12.1. The lowest BCUT2D eigenvalue weighted by Crippen LogP contribution is -2.35. The molecular weight excluding hydrogens is 266 g/mol. The van der Waals surface area contributed by atoms with Crippen molar-refractivity contribution < 1.29 is 14.7 Å². The van der Waals surface area contributed by atoms with Crippen molar-refractivity contribution in [1.82, 2.24) is 5.32 Å². The molecule has 1 aliphatic carbocycles. The summed E-state index contributed by atoms with van der Waals surface area (Å²) in [6.07, 6.45) is 3.44. The molecule has 21 heavy (non-hydrogen) atoms. The topological polar surface area (TPSA) is 66.4 Å². The second-order valence-electron chi connectivity index (χ2n) is 5.85. The van der Waals surface area contributed by atoms with Gasteiger partial charge in [0.1, 0.15) is 0 Å². The molecule has 2 N–H and O–H groups in total. The van der Waals surface area contributed by atoms with Gasteiger partial charge in [0.05, 0.1) is 5.92 Å². The Morgan fingerprint density at radius 2 is 1.76 bits per heavy atom. The Kier molecular flexibility index (Phi) is 5.37. The summed E-state index contributed by atoms with van der Waals surface area (Å²) < 4.78 is 0. The molecule has 4 heteroatoms. The van der Waals surface area contributed by atoms with Gasteiger partial charge in [-0.3, -0.25) is 9.59 Å². The van der Waals surface area contributed by atoms with Gasteiger partial charge < -0.3 is 10.4 Å². The summed E-state index contributed by atoms with van der Waals surface area (Å²) in [5.41, 5.74) is 2.50. The van der Waals surface area contributed by atoms with Crippen LogP contribution in [-0.4, -0.2) is 23.5 Å². The van der Waals surface area contributed by atoms with E-state index in [1.807, 2.05) is 12.1 Å². The van der Waals surface area contributed by atoms with Crippen molar-refractivity contribution in [2.75, 3.05) is 6.54 Å². The number of carbonyl (C=O) groups excluding carboxylic acids is 1. The van der Waals surface area contributed by atoms with Crippen LogP contribution in [0.1, 0.15) is 36.8 Å². The van der Waals surface area contributed by atoms with Gasteiger partial charge in [-0.2, -0.15) is 0 Å². The summed E-state index contributed by atoms with van der Waals surface area (Å²) >= 11 is 0. The third-order valence-corrected chi connectivity index (χ3v) is 4.40. The molecule has 0 spiro atoms. The van der Waals surface area contributed by atoms with Crippen molar-refractivity contribution in [3.63, 3.8) is 0 Å². The van der Waals surface area contributed by atoms with Crippen LogP contribution >= 0.6 is 0 Å². The molecule has 1 saturated carbocycles. The monoisotopic (exact) mass is 289 g/mol. The fraction of sp³-hybridized carbons (Fsp3) is 0.529. The lowest BCUT2D eigenvalue weighted by Gasteiger charge is -2.25. The first-order chi connectivity index (χ1) is 10.1. The number of carboxylic acids is 1. The van der Waals surface area contributed by atoms with Crippen molar-refractivity contribution >= 4 is 11.9 Å². The highest BCUT2D eigenvalue weighted by Gasteiger charge is 2.29. The van der Waals surface area contributed by atoms with Crippen LogP contribution in [0.5, 0.6) is 0 Å². The van der Waals surface area contributed by atoms with E-state index in [-0.39, 0.29) is 17.7 Å². The van der Waals surface area contributed by atoms with Gasteiger partial charge in [0.15, 0.2) is 0 Å². The van der Waals surface area contributed by atoms with Crippen molar-refractivity contribution in [3.05, 3.63) is 35.4 Å². The third kappa shape index (κ3) is 4.31. The molecule has 0 aliphatic heterocycles. The minimum absolute atomic E-state index is 0.0162. The minimum Gasteiger partial charge on any atom is -0.481 e. The Balaban J connectivity index is 1.73. The van der Waals surface area contributed by atoms with Gasteiger partial charge in [0.25, 0.3) is 0 Å². The number of hydrogen-bond donors (Lipinski definition) is 2. The molecule has 0 aromatic heterocycles. The summed E-state index contributed by atoms with van der Waals surface area (Å²) in [4.78, 5) is 23.0. The summed E-state index contributed by atoms with van der Waals surface area (Å²) in [5.74, 6) is -0.931. The van der Waals surface area contributed by atoms with Crippen molar-refractivity contribution in [3.8, 4) is 0 Å². The zero-order chi connectivity index (χ0) is 15.2. The third-order valence-electron chi connectivity index (χ3n) is 4.40. The number of benzene rings is 1. The van der Waals surface area contributed by atoms with E-state index in [1.165, 1.54) is 11.1 Å². The van der Waals surface area contributed by atoms with Gasteiger partial charge in [0.2, 0.25) is 5.91 Å². The molecule has 0 radical (unpaired) electrons. The number of amides is 1. The molecular formula is C17H23NO3. The zero-order valence-corrected chi connectivity index (χ0v) is 12.5. The molecule has 0 unspecified atom stereocenters. The van der Waals surface area contributed by atoms with E-state index in [0.29, 0.717) is 32.2 Å². The fourth-order valence-electron chi connectivity index (χ4n) is 2.96. The highest BCUT2D eigenvalue weighted by atomic mass is 16.4. The quantitative estimate of drug-likeness (QED) is 0.875. The van der Waals surface area contributed by atoms with Crippen LogP contribution in [0.3, 0.4) is 0 Å². The van der Waals surface area contributed by atoms with E-state index < -0.39 is 5.97 Å². The molecule has 2 rings (SSSR count). The highest BCUT2D eigenvalue weighted by molar-refractivity contribution is 5.79. The Labute approximate surface area is 125 Å². The molecule has 4 nitrogen and oxygen atoms in total. The number of nitrogens with one attached hydrogen (secondary N) is 1. The summed E-state index contributed by atoms with van der Waals surface area (Å²) in [7, 11) is 0. The van der Waals surface area contributed by atoms with E-state index in [4.69, 9.17) is 5.11 Å². The SMILES string of the molecule is Cc1ccccc1CCNC(=O)C1CCC(C(=O)O)CC1. The Morgan fingerprint density at radius 3 is 2.38 bits per heavy atom. The van der Waals surface area contributed by atoms with Crippen molar-refractivity contribution in [2.45, 2.75) is 39.0 Å². The largest absolute Gasteiger partial charge is 0.481 e. The fourth-order valence-corrected chi connectivity index (χ4v) is 2.96. The first kappa shape index (κ1) is 15.5. The van der Waals surface area contributed by atoms with Gasteiger partial charge >= 0.3 is 5.97 Å². The van der Waals surface area contributed by atoms with Crippen LogP contribution in [0.15, 0.2) is 24.3 Å². The lowest BCUT2D eigenvalue weighted by molar-refractivity contribution is -0.144. The normalized spacial score (nSPS) is 21.8. The lowest BCUT2D eigenvalue weighted by atomic mass is 9.81. The molecule has 114 valence electrons. The predicted molar refractivity (Wildman–Crippen MR) is 81.0 cm³/mol. The smallest absolute Gasteiger partial charge is 0.306 e. The Hall–Kier alpha value is -1.84. The zero-order valence-electron chi connectivity index (χ0n) is 12.5. The van der Waals surface area contributed by atoms with Crippen LogP contribution in [-0.2, 0) is 16.0 Å². The van der Waals surface area contributed by atoms with Gasteiger partial charge in [0, 0.05) is 12.5 Å². The summed E-state index contributed by atoms with van der Waals surface area (Å²) in [6, 6.07) is 8.18. The minimum atomic E-state index is -0.728. The van der Waals surface area contributed by atoms with Crippen LogP contribution in [0.2, 0.25) is 0 Å². The number of rotatable bonds is 5. The number of aryl methyl sites for hydroxylation is 1. The van der Waals surface area contributed by atoms with Crippen molar-refractivity contribution in [2.24, 2.45) is 11.8 Å². The molecule has 1 aromatic rings. The van der Waals surface area contributed by atoms with Crippen molar-refractivity contribution in [1.29, 1.82) is 0 Å². The van der Waals surface area contributed by atoms with E-state index in [2.05, 4.69) is 24.4 Å². The molecule has 1 amide bonds.